The number of ether oxygens (including phenoxy) is 2. The SMILES string of the molecule is CCn1cc(C(=O)NCCc2ccncc2)c(=O)c2cc(OC)c(OC)cc21. The number of amides is 1. The van der Waals surface area contributed by atoms with Crippen molar-refractivity contribution in [3.63, 3.8) is 0 Å². The van der Waals surface area contributed by atoms with Gasteiger partial charge in [0.2, 0.25) is 5.43 Å². The molecule has 0 bridgehead atoms. The Bertz CT molecular complexity index is 1040. The van der Waals surface area contributed by atoms with E-state index in [2.05, 4.69) is 10.3 Å². The Kier molecular flexibility index (Phi) is 5.93. The number of pyridine rings is 2. The number of aromatic nitrogens is 2. The molecule has 0 aliphatic rings. The highest BCUT2D eigenvalue weighted by molar-refractivity contribution is 5.97. The fraction of sp³-hybridized carbons (Fsp3) is 0.286. The minimum Gasteiger partial charge on any atom is -0.493 e. The fourth-order valence-electron chi connectivity index (χ4n) is 3.11. The number of carbonyl (C=O) groups excluding carboxylic acids is 1. The molecule has 0 aliphatic carbocycles. The molecule has 146 valence electrons. The Balaban J connectivity index is 1.93. The van der Waals surface area contributed by atoms with Gasteiger partial charge in [-0.1, -0.05) is 0 Å². The molecule has 3 rings (SSSR count). The summed E-state index contributed by atoms with van der Waals surface area (Å²) in [5.74, 6) is 0.592. The van der Waals surface area contributed by atoms with Gasteiger partial charge in [0, 0.05) is 37.7 Å². The Morgan fingerprint density at radius 1 is 1.14 bits per heavy atom. The second-order valence-electron chi connectivity index (χ2n) is 6.24. The number of hydrogen-bond acceptors (Lipinski definition) is 5. The number of nitrogens with zero attached hydrogens (tertiary/aromatic N) is 2. The first-order valence-electron chi connectivity index (χ1n) is 9.05. The maximum Gasteiger partial charge on any atom is 0.256 e. The number of nitrogens with one attached hydrogen (secondary N) is 1. The van der Waals surface area contributed by atoms with E-state index in [0.29, 0.717) is 41.9 Å². The van der Waals surface area contributed by atoms with E-state index < -0.39 is 5.91 Å². The number of carbonyl (C=O) groups is 1. The third-order valence-electron chi connectivity index (χ3n) is 4.62. The average Bonchev–Trinajstić information content (AvgIpc) is 2.73. The third-order valence-corrected chi connectivity index (χ3v) is 4.62. The molecule has 1 amide bonds. The predicted octanol–water partition coefficient (Wildman–Crippen LogP) is 2.41. The van der Waals surface area contributed by atoms with Gasteiger partial charge in [-0.15, -0.1) is 0 Å². The van der Waals surface area contributed by atoms with Crippen molar-refractivity contribution in [3.8, 4) is 11.5 Å². The van der Waals surface area contributed by atoms with Crippen LogP contribution in [0.3, 0.4) is 0 Å². The van der Waals surface area contributed by atoms with Crippen molar-refractivity contribution in [2.24, 2.45) is 0 Å². The lowest BCUT2D eigenvalue weighted by molar-refractivity contribution is 0.0952. The molecule has 0 aliphatic heterocycles. The highest BCUT2D eigenvalue weighted by Crippen LogP contribution is 2.31. The maximum atomic E-state index is 13.0. The summed E-state index contributed by atoms with van der Waals surface area (Å²) in [4.78, 5) is 29.6. The molecule has 2 aromatic heterocycles. The molecular weight excluding hydrogens is 358 g/mol. The number of rotatable bonds is 7. The average molecular weight is 381 g/mol. The number of fused-ring (bicyclic) bond motifs is 1. The lowest BCUT2D eigenvalue weighted by atomic mass is 10.1. The molecule has 0 saturated carbocycles. The zero-order valence-electron chi connectivity index (χ0n) is 16.2. The van der Waals surface area contributed by atoms with Crippen molar-refractivity contribution in [2.75, 3.05) is 20.8 Å². The summed E-state index contributed by atoms with van der Waals surface area (Å²) >= 11 is 0. The maximum absolute atomic E-state index is 13.0. The van der Waals surface area contributed by atoms with E-state index in [9.17, 15) is 9.59 Å². The summed E-state index contributed by atoms with van der Waals surface area (Å²) in [5.41, 5.74) is 1.54. The first kappa shape index (κ1) is 19.4. The van der Waals surface area contributed by atoms with Crippen LogP contribution in [0.1, 0.15) is 22.8 Å². The normalized spacial score (nSPS) is 10.7. The van der Waals surface area contributed by atoms with Crippen LogP contribution < -0.4 is 20.2 Å². The molecule has 1 N–H and O–H groups in total. The quantitative estimate of drug-likeness (QED) is 0.680. The monoisotopic (exact) mass is 381 g/mol. The molecule has 3 aromatic rings. The van der Waals surface area contributed by atoms with Crippen LogP contribution in [0, 0.1) is 0 Å². The Hall–Kier alpha value is -3.35. The lowest BCUT2D eigenvalue weighted by Gasteiger charge is -2.15. The van der Waals surface area contributed by atoms with Crippen LogP contribution >= 0.6 is 0 Å². The second kappa shape index (κ2) is 8.56. The van der Waals surface area contributed by atoms with Crippen LogP contribution in [-0.2, 0) is 13.0 Å². The van der Waals surface area contributed by atoms with Crippen molar-refractivity contribution in [1.82, 2.24) is 14.9 Å². The molecule has 0 unspecified atom stereocenters. The van der Waals surface area contributed by atoms with Gasteiger partial charge < -0.3 is 19.4 Å². The standard InChI is InChI=1S/C21H23N3O4/c1-4-24-13-16(21(26)23-10-7-14-5-8-22-9-6-14)20(25)15-11-18(27-2)19(28-3)12-17(15)24/h5-6,8-9,11-13H,4,7,10H2,1-3H3,(H,23,26). The minimum absolute atomic E-state index is 0.108. The zero-order chi connectivity index (χ0) is 20.1. The van der Waals surface area contributed by atoms with Gasteiger partial charge in [0.1, 0.15) is 5.56 Å². The van der Waals surface area contributed by atoms with E-state index >= 15 is 0 Å². The van der Waals surface area contributed by atoms with Crippen LogP contribution in [0.5, 0.6) is 11.5 Å². The predicted molar refractivity (Wildman–Crippen MR) is 107 cm³/mol. The van der Waals surface area contributed by atoms with Crippen molar-refractivity contribution < 1.29 is 14.3 Å². The van der Waals surface area contributed by atoms with Gasteiger partial charge in [-0.05, 0) is 37.1 Å². The number of aryl methyl sites for hydroxylation is 1. The van der Waals surface area contributed by atoms with Gasteiger partial charge in [-0.3, -0.25) is 14.6 Å². The molecule has 7 heteroatoms. The summed E-state index contributed by atoms with van der Waals surface area (Å²) in [6.07, 6.45) is 5.68. The molecule has 0 fully saturated rings. The third kappa shape index (κ3) is 3.83. The van der Waals surface area contributed by atoms with Gasteiger partial charge in [-0.25, -0.2) is 0 Å². The summed E-state index contributed by atoms with van der Waals surface area (Å²) in [5, 5.41) is 3.24. The molecule has 0 atom stereocenters. The summed E-state index contributed by atoms with van der Waals surface area (Å²) in [6.45, 7) is 2.98. The van der Waals surface area contributed by atoms with Crippen LogP contribution in [0.25, 0.3) is 10.9 Å². The summed E-state index contributed by atoms with van der Waals surface area (Å²) in [6, 6.07) is 7.17. The van der Waals surface area contributed by atoms with Gasteiger partial charge in [-0.2, -0.15) is 0 Å². The zero-order valence-corrected chi connectivity index (χ0v) is 16.2. The lowest BCUT2D eigenvalue weighted by Crippen LogP contribution is -2.31. The molecule has 1 aromatic carbocycles. The van der Waals surface area contributed by atoms with Crippen molar-refractivity contribution in [1.29, 1.82) is 0 Å². The van der Waals surface area contributed by atoms with E-state index in [1.165, 1.54) is 7.11 Å². The Labute approximate surface area is 162 Å². The van der Waals surface area contributed by atoms with Crippen molar-refractivity contribution in [3.05, 3.63) is 64.2 Å². The highest BCUT2D eigenvalue weighted by Gasteiger charge is 2.17. The van der Waals surface area contributed by atoms with Crippen LogP contribution in [-0.4, -0.2) is 36.2 Å². The van der Waals surface area contributed by atoms with Crippen molar-refractivity contribution in [2.45, 2.75) is 19.9 Å². The van der Waals surface area contributed by atoms with E-state index in [4.69, 9.17) is 9.47 Å². The topological polar surface area (TPSA) is 82.5 Å². The van der Waals surface area contributed by atoms with Gasteiger partial charge in [0.25, 0.3) is 5.91 Å². The summed E-state index contributed by atoms with van der Waals surface area (Å²) in [7, 11) is 3.06. The largest absolute Gasteiger partial charge is 0.493 e. The van der Waals surface area contributed by atoms with Gasteiger partial charge >= 0.3 is 0 Å². The van der Waals surface area contributed by atoms with E-state index in [-0.39, 0.29) is 11.0 Å². The second-order valence-corrected chi connectivity index (χ2v) is 6.24. The van der Waals surface area contributed by atoms with E-state index in [1.807, 2.05) is 23.6 Å². The van der Waals surface area contributed by atoms with Crippen LogP contribution in [0.2, 0.25) is 0 Å². The number of methoxy groups -OCH3 is 2. The van der Waals surface area contributed by atoms with Gasteiger partial charge in [0.05, 0.1) is 25.1 Å². The first-order chi connectivity index (χ1) is 13.6. The minimum atomic E-state index is -0.391. The molecule has 0 radical (unpaired) electrons. The van der Waals surface area contributed by atoms with Gasteiger partial charge in [0.15, 0.2) is 11.5 Å². The Morgan fingerprint density at radius 2 is 1.82 bits per heavy atom. The number of benzene rings is 1. The molecule has 2 heterocycles. The van der Waals surface area contributed by atoms with E-state index in [0.717, 1.165) is 5.56 Å². The molecule has 28 heavy (non-hydrogen) atoms. The molecular formula is C21H23N3O4. The fourth-order valence-corrected chi connectivity index (χ4v) is 3.11. The highest BCUT2D eigenvalue weighted by atomic mass is 16.5. The summed E-state index contributed by atoms with van der Waals surface area (Å²) < 4.78 is 12.5. The van der Waals surface area contributed by atoms with Crippen LogP contribution in [0.4, 0.5) is 0 Å². The Morgan fingerprint density at radius 3 is 2.46 bits per heavy atom. The number of hydrogen-bond donors (Lipinski definition) is 1. The smallest absolute Gasteiger partial charge is 0.256 e. The van der Waals surface area contributed by atoms with Crippen LogP contribution in [0.15, 0.2) is 47.7 Å². The molecule has 0 saturated heterocycles. The van der Waals surface area contributed by atoms with Crippen molar-refractivity contribution >= 4 is 16.8 Å². The first-order valence-corrected chi connectivity index (χ1v) is 9.05. The molecule has 0 spiro atoms. The molecule has 7 nitrogen and oxygen atoms in total. The van der Waals surface area contributed by atoms with E-state index in [1.54, 1.807) is 37.8 Å².